The normalized spacial score (nSPS) is 22.6. The molecule has 1 unspecified atom stereocenters. The van der Waals surface area contributed by atoms with Crippen LogP contribution in [0.15, 0.2) is 24.3 Å². The molecular weight excluding hydrogens is 294 g/mol. The second-order valence-electron chi connectivity index (χ2n) is 6.23. The largest absolute Gasteiger partial charge is 0.312 e. The van der Waals surface area contributed by atoms with E-state index in [1.54, 1.807) is 0 Å². The van der Waals surface area contributed by atoms with Gasteiger partial charge in [0.2, 0.25) is 0 Å². The van der Waals surface area contributed by atoms with Crippen LogP contribution in [0.5, 0.6) is 0 Å². The van der Waals surface area contributed by atoms with Crippen molar-refractivity contribution < 1.29 is 8.42 Å². The lowest BCUT2D eigenvalue weighted by molar-refractivity contribution is 0.408. The Balaban J connectivity index is 1.97. The summed E-state index contributed by atoms with van der Waals surface area (Å²) in [6.07, 6.45) is 1.71. The molecule has 1 aliphatic heterocycles. The van der Waals surface area contributed by atoms with Crippen molar-refractivity contribution in [2.24, 2.45) is 0 Å². The molecule has 1 atom stereocenters. The molecule has 0 spiro atoms. The van der Waals surface area contributed by atoms with Gasteiger partial charge in [-0.1, -0.05) is 37.6 Å². The minimum absolute atomic E-state index is 0.0498. The van der Waals surface area contributed by atoms with E-state index in [0.29, 0.717) is 5.75 Å². The van der Waals surface area contributed by atoms with Gasteiger partial charge in [-0.2, -0.15) is 0 Å². The molecule has 0 bridgehead atoms. The summed E-state index contributed by atoms with van der Waals surface area (Å²) in [5.74, 6) is 0.607. The van der Waals surface area contributed by atoms with Crippen LogP contribution in [0, 0.1) is 0 Å². The summed E-state index contributed by atoms with van der Waals surface area (Å²) in [7, 11) is -2.85. The molecule has 1 saturated heterocycles. The predicted octanol–water partition coefficient (Wildman–Crippen LogP) is 2.78. The van der Waals surface area contributed by atoms with E-state index in [1.165, 1.54) is 5.56 Å². The van der Waals surface area contributed by atoms with E-state index < -0.39 is 9.84 Å². The first-order chi connectivity index (χ1) is 9.28. The average molecular weight is 316 g/mol. The van der Waals surface area contributed by atoms with Crippen molar-refractivity contribution in [3.05, 3.63) is 34.9 Å². The fourth-order valence-corrected chi connectivity index (χ4v) is 4.38. The maximum absolute atomic E-state index is 11.6. The zero-order valence-electron chi connectivity index (χ0n) is 12.0. The number of hydrogen-bond donors (Lipinski definition) is 1. The van der Waals surface area contributed by atoms with Crippen molar-refractivity contribution in [1.29, 1.82) is 0 Å². The van der Waals surface area contributed by atoms with Gasteiger partial charge in [-0.05, 0) is 30.5 Å². The summed E-state index contributed by atoms with van der Waals surface area (Å²) in [5.41, 5.74) is 1.15. The summed E-state index contributed by atoms with van der Waals surface area (Å²) >= 11 is 5.91. The lowest BCUT2D eigenvalue weighted by Gasteiger charge is -2.30. The zero-order chi connectivity index (χ0) is 14.8. The zero-order valence-corrected chi connectivity index (χ0v) is 13.6. The molecule has 1 N–H and O–H groups in total. The number of nitrogens with one attached hydrogen (secondary N) is 1. The fourth-order valence-electron chi connectivity index (χ4n) is 2.59. The van der Waals surface area contributed by atoms with Crippen LogP contribution in [0.3, 0.4) is 0 Å². The third kappa shape index (κ3) is 4.21. The Morgan fingerprint density at radius 3 is 2.55 bits per heavy atom. The molecule has 2 rings (SSSR count). The van der Waals surface area contributed by atoms with Crippen LogP contribution < -0.4 is 5.32 Å². The van der Waals surface area contributed by atoms with Crippen LogP contribution in [-0.2, 0) is 15.3 Å². The van der Waals surface area contributed by atoms with Crippen molar-refractivity contribution >= 4 is 21.4 Å². The highest BCUT2D eigenvalue weighted by atomic mass is 35.5. The Kier molecular flexibility index (Phi) is 4.77. The number of rotatable bonds is 4. The van der Waals surface area contributed by atoms with E-state index in [4.69, 9.17) is 11.6 Å². The smallest absolute Gasteiger partial charge is 0.151 e. The summed E-state index contributed by atoms with van der Waals surface area (Å²) in [5, 5.41) is 4.15. The molecule has 0 saturated carbocycles. The molecule has 1 fully saturated rings. The average Bonchev–Trinajstić information content (AvgIpc) is 2.36. The molecule has 0 aliphatic carbocycles. The van der Waals surface area contributed by atoms with Gasteiger partial charge in [0.05, 0.1) is 11.5 Å². The van der Waals surface area contributed by atoms with Gasteiger partial charge in [-0.3, -0.25) is 0 Å². The molecular formula is C15H22ClNO2S. The Labute approximate surface area is 126 Å². The first-order valence-corrected chi connectivity index (χ1v) is 9.18. The van der Waals surface area contributed by atoms with Crippen molar-refractivity contribution in [1.82, 2.24) is 5.32 Å². The molecule has 1 heterocycles. The highest BCUT2D eigenvalue weighted by molar-refractivity contribution is 7.91. The first kappa shape index (κ1) is 15.8. The molecule has 0 aromatic heterocycles. The summed E-state index contributed by atoms with van der Waals surface area (Å²) in [4.78, 5) is 0. The SMILES string of the molecule is CC(C)(CNC1CCCS(=O)(=O)C1)c1ccc(Cl)cc1. The minimum Gasteiger partial charge on any atom is -0.312 e. The van der Waals surface area contributed by atoms with Gasteiger partial charge in [0.15, 0.2) is 9.84 Å². The van der Waals surface area contributed by atoms with Crippen LogP contribution in [-0.4, -0.2) is 32.5 Å². The monoisotopic (exact) mass is 315 g/mol. The molecule has 1 aromatic rings. The number of sulfone groups is 1. The molecule has 0 amide bonds. The Morgan fingerprint density at radius 1 is 1.30 bits per heavy atom. The summed E-state index contributed by atoms with van der Waals surface area (Å²) in [6.45, 7) is 5.07. The van der Waals surface area contributed by atoms with E-state index in [0.717, 1.165) is 24.4 Å². The highest BCUT2D eigenvalue weighted by Gasteiger charge is 2.27. The number of hydrogen-bond acceptors (Lipinski definition) is 3. The third-order valence-electron chi connectivity index (χ3n) is 3.92. The van der Waals surface area contributed by atoms with E-state index in [2.05, 4.69) is 19.2 Å². The maximum atomic E-state index is 11.6. The Morgan fingerprint density at radius 2 is 1.95 bits per heavy atom. The second-order valence-corrected chi connectivity index (χ2v) is 8.89. The molecule has 5 heteroatoms. The quantitative estimate of drug-likeness (QED) is 0.929. The van der Waals surface area contributed by atoms with E-state index in [9.17, 15) is 8.42 Å². The molecule has 1 aliphatic rings. The van der Waals surface area contributed by atoms with E-state index in [-0.39, 0.29) is 17.2 Å². The Hall–Kier alpha value is -0.580. The van der Waals surface area contributed by atoms with Crippen molar-refractivity contribution in [2.75, 3.05) is 18.1 Å². The third-order valence-corrected chi connectivity index (χ3v) is 5.99. The topological polar surface area (TPSA) is 46.2 Å². The molecule has 3 nitrogen and oxygen atoms in total. The van der Waals surface area contributed by atoms with E-state index >= 15 is 0 Å². The van der Waals surface area contributed by atoms with Crippen LogP contribution in [0.4, 0.5) is 0 Å². The van der Waals surface area contributed by atoms with Crippen molar-refractivity contribution in [2.45, 2.75) is 38.1 Å². The summed E-state index contributed by atoms with van der Waals surface area (Å²) < 4.78 is 23.3. The molecule has 112 valence electrons. The molecule has 0 radical (unpaired) electrons. The van der Waals surface area contributed by atoms with Gasteiger partial charge in [-0.25, -0.2) is 8.42 Å². The lowest BCUT2D eigenvalue weighted by atomic mass is 9.84. The van der Waals surface area contributed by atoms with Crippen LogP contribution in [0.1, 0.15) is 32.3 Å². The van der Waals surface area contributed by atoms with Crippen LogP contribution in [0.25, 0.3) is 0 Å². The molecule has 20 heavy (non-hydrogen) atoms. The van der Waals surface area contributed by atoms with Gasteiger partial charge in [0.25, 0.3) is 0 Å². The number of benzene rings is 1. The Bertz CT molecular complexity index is 552. The van der Waals surface area contributed by atoms with Crippen LogP contribution in [0.2, 0.25) is 5.02 Å². The summed E-state index contributed by atoms with van der Waals surface area (Å²) in [6, 6.07) is 7.93. The highest BCUT2D eigenvalue weighted by Crippen LogP contribution is 2.24. The number of halogens is 1. The predicted molar refractivity (Wildman–Crippen MR) is 84.2 cm³/mol. The second kappa shape index (κ2) is 6.04. The molecule has 1 aromatic carbocycles. The fraction of sp³-hybridized carbons (Fsp3) is 0.600. The van der Waals surface area contributed by atoms with Crippen molar-refractivity contribution in [3.8, 4) is 0 Å². The van der Waals surface area contributed by atoms with Gasteiger partial charge < -0.3 is 5.32 Å². The van der Waals surface area contributed by atoms with E-state index in [1.807, 2.05) is 24.3 Å². The van der Waals surface area contributed by atoms with Gasteiger partial charge in [0.1, 0.15) is 0 Å². The van der Waals surface area contributed by atoms with Gasteiger partial charge >= 0.3 is 0 Å². The van der Waals surface area contributed by atoms with Crippen LogP contribution >= 0.6 is 11.6 Å². The van der Waals surface area contributed by atoms with Gasteiger partial charge in [0, 0.05) is 23.0 Å². The first-order valence-electron chi connectivity index (χ1n) is 6.98. The van der Waals surface area contributed by atoms with Gasteiger partial charge in [-0.15, -0.1) is 0 Å². The standard InChI is InChI=1S/C15H22ClNO2S/c1-15(2,12-5-7-13(16)8-6-12)11-17-14-4-3-9-20(18,19)10-14/h5-8,14,17H,3-4,9-11H2,1-2H3. The maximum Gasteiger partial charge on any atom is 0.151 e. The minimum atomic E-state index is -2.85. The van der Waals surface area contributed by atoms with Crippen molar-refractivity contribution in [3.63, 3.8) is 0 Å². The lowest BCUT2D eigenvalue weighted by Crippen LogP contribution is -2.45.